The average Bonchev–Trinajstić information content (AvgIpc) is 2.96. The second-order valence-electron chi connectivity index (χ2n) is 7.32. The molecule has 1 aromatic carbocycles. The normalized spacial score (nSPS) is 18.5. The van der Waals surface area contributed by atoms with E-state index in [0.717, 1.165) is 9.13 Å². The van der Waals surface area contributed by atoms with Crippen molar-refractivity contribution >= 4 is 34.7 Å². The highest BCUT2D eigenvalue weighted by atomic mass is 127. The fourth-order valence-corrected chi connectivity index (χ4v) is 3.40. The van der Waals surface area contributed by atoms with Crippen molar-refractivity contribution in [2.75, 3.05) is 20.7 Å². The van der Waals surface area contributed by atoms with Crippen LogP contribution >= 0.6 is 22.6 Å². The molecule has 0 aliphatic carbocycles. The molecule has 1 aliphatic heterocycles. The van der Waals surface area contributed by atoms with Crippen molar-refractivity contribution in [3.8, 4) is 5.69 Å². The minimum absolute atomic E-state index is 0.00917. The minimum Gasteiger partial charge on any atom is -0.369 e. The van der Waals surface area contributed by atoms with E-state index in [0.29, 0.717) is 3.57 Å². The van der Waals surface area contributed by atoms with Gasteiger partial charge in [0.25, 0.3) is 5.56 Å². The number of benzene rings is 1. The molecular formula is C19H22FIN4O4. The molecule has 156 valence electrons. The van der Waals surface area contributed by atoms with Gasteiger partial charge in [0, 0.05) is 23.7 Å². The van der Waals surface area contributed by atoms with Crippen molar-refractivity contribution in [2.45, 2.75) is 32.3 Å². The topological polar surface area (TPSA) is 78.1 Å². The lowest BCUT2D eigenvalue weighted by Gasteiger charge is -2.18. The molecule has 0 amide bonds. The SMILES string of the molecule is CN(C)C=Nc1cc(=O)n(CC2COC(C)(C)O2)c(=O)n1-c1ccc(I)cc1F. The van der Waals surface area contributed by atoms with Gasteiger partial charge >= 0.3 is 5.69 Å². The second kappa shape index (κ2) is 8.36. The summed E-state index contributed by atoms with van der Waals surface area (Å²) < 4.78 is 28.7. The third-order valence-corrected chi connectivity index (χ3v) is 4.87. The number of halogens is 2. The Morgan fingerprint density at radius 1 is 1.34 bits per heavy atom. The molecule has 0 bridgehead atoms. The van der Waals surface area contributed by atoms with Gasteiger partial charge in [-0.3, -0.25) is 9.36 Å². The number of rotatable bonds is 5. The molecule has 0 radical (unpaired) electrons. The van der Waals surface area contributed by atoms with Crippen LogP contribution in [-0.2, 0) is 16.0 Å². The average molecular weight is 516 g/mol. The first-order valence-corrected chi connectivity index (χ1v) is 10.00. The van der Waals surface area contributed by atoms with Crippen LogP contribution < -0.4 is 11.2 Å². The minimum atomic E-state index is -0.786. The van der Waals surface area contributed by atoms with Crippen molar-refractivity contribution in [3.63, 3.8) is 0 Å². The zero-order valence-electron chi connectivity index (χ0n) is 16.6. The van der Waals surface area contributed by atoms with Crippen molar-refractivity contribution in [1.29, 1.82) is 0 Å². The predicted molar refractivity (Wildman–Crippen MR) is 116 cm³/mol. The maximum atomic E-state index is 14.7. The first-order chi connectivity index (χ1) is 13.6. The van der Waals surface area contributed by atoms with Crippen LogP contribution in [0.2, 0.25) is 0 Å². The largest absolute Gasteiger partial charge is 0.369 e. The molecule has 1 fully saturated rings. The summed E-state index contributed by atoms with van der Waals surface area (Å²) in [6.45, 7) is 3.75. The van der Waals surface area contributed by atoms with E-state index >= 15 is 0 Å². The number of hydrogen-bond acceptors (Lipinski definition) is 5. The van der Waals surface area contributed by atoms with Crippen molar-refractivity contribution in [2.24, 2.45) is 4.99 Å². The van der Waals surface area contributed by atoms with Gasteiger partial charge in [0.05, 0.1) is 25.2 Å². The van der Waals surface area contributed by atoms with E-state index in [4.69, 9.17) is 9.47 Å². The monoisotopic (exact) mass is 516 g/mol. The van der Waals surface area contributed by atoms with Gasteiger partial charge in [0.1, 0.15) is 17.7 Å². The summed E-state index contributed by atoms with van der Waals surface area (Å²) in [6.07, 6.45) is 0.970. The highest BCUT2D eigenvalue weighted by molar-refractivity contribution is 14.1. The Morgan fingerprint density at radius 2 is 2.07 bits per heavy atom. The van der Waals surface area contributed by atoms with Crippen LogP contribution in [0.3, 0.4) is 0 Å². The van der Waals surface area contributed by atoms with Gasteiger partial charge in [-0.25, -0.2) is 18.7 Å². The Hall–Kier alpha value is -2.05. The molecule has 2 aromatic rings. The molecule has 0 saturated carbocycles. The lowest BCUT2D eigenvalue weighted by Crippen LogP contribution is -2.42. The van der Waals surface area contributed by atoms with E-state index in [1.165, 1.54) is 24.5 Å². The third kappa shape index (κ3) is 4.93. The molecule has 1 saturated heterocycles. The fourth-order valence-electron chi connectivity index (χ4n) is 2.95. The van der Waals surface area contributed by atoms with E-state index < -0.39 is 29.0 Å². The molecule has 1 unspecified atom stereocenters. The summed E-state index contributed by atoms with van der Waals surface area (Å²) >= 11 is 1.98. The van der Waals surface area contributed by atoms with Gasteiger partial charge in [0.2, 0.25) is 0 Å². The van der Waals surface area contributed by atoms with Crippen LogP contribution in [0.4, 0.5) is 10.2 Å². The van der Waals surface area contributed by atoms with Crippen molar-refractivity contribution in [3.05, 3.63) is 54.5 Å². The molecule has 1 aliphatic rings. The molecule has 8 nitrogen and oxygen atoms in total. The lowest BCUT2D eigenvalue weighted by atomic mass is 10.3. The Morgan fingerprint density at radius 3 is 2.66 bits per heavy atom. The molecule has 0 N–H and O–H groups in total. The molecule has 0 spiro atoms. The van der Waals surface area contributed by atoms with Gasteiger partial charge in [-0.2, -0.15) is 0 Å². The highest BCUT2D eigenvalue weighted by Crippen LogP contribution is 2.23. The molecule has 10 heteroatoms. The van der Waals surface area contributed by atoms with Gasteiger partial charge in [-0.05, 0) is 54.6 Å². The standard InChI is InChI=1S/C19H22FIN4O4/c1-19(2)28-10-13(29-19)9-24-17(26)8-16(22-11-23(3)4)25(18(24)27)15-6-5-12(21)7-14(15)20/h5-8,11,13H,9-10H2,1-4H3. The molecule has 1 aromatic heterocycles. The lowest BCUT2D eigenvalue weighted by molar-refractivity contribution is -0.139. The second-order valence-corrected chi connectivity index (χ2v) is 8.57. The van der Waals surface area contributed by atoms with Crippen molar-refractivity contribution in [1.82, 2.24) is 14.0 Å². The van der Waals surface area contributed by atoms with Gasteiger partial charge in [-0.15, -0.1) is 0 Å². The molecule has 3 rings (SSSR count). The first kappa shape index (κ1) is 21.7. The smallest absolute Gasteiger partial charge is 0.337 e. The quantitative estimate of drug-likeness (QED) is 0.346. The summed E-state index contributed by atoms with van der Waals surface area (Å²) in [5, 5.41) is 0. The van der Waals surface area contributed by atoms with Gasteiger partial charge in [-0.1, -0.05) is 0 Å². The maximum absolute atomic E-state index is 14.7. The number of hydrogen-bond donors (Lipinski definition) is 0. The zero-order chi connectivity index (χ0) is 21.3. The van der Waals surface area contributed by atoms with Crippen LogP contribution in [-0.4, -0.2) is 53.0 Å². The van der Waals surface area contributed by atoms with Crippen LogP contribution in [0, 0.1) is 9.39 Å². The highest BCUT2D eigenvalue weighted by Gasteiger charge is 2.33. The fraction of sp³-hybridized carbons (Fsp3) is 0.421. The van der Waals surface area contributed by atoms with Crippen molar-refractivity contribution < 1.29 is 13.9 Å². The van der Waals surface area contributed by atoms with Crippen LogP contribution in [0.1, 0.15) is 13.8 Å². The first-order valence-electron chi connectivity index (χ1n) is 8.92. The van der Waals surface area contributed by atoms with Crippen LogP contribution in [0.15, 0.2) is 38.8 Å². The Balaban J connectivity index is 2.15. The Bertz CT molecular complexity index is 1060. The Labute approximate surface area is 180 Å². The van der Waals surface area contributed by atoms with E-state index in [2.05, 4.69) is 4.99 Å². The number of aromatic nitrogens is 2. The summed E-state index contributed by atoms with van der Waals surface area (Å²) in [7, 11) is 3.50. The molecule has 1 atom stereocenters. The molecule has 2 heterocycles. The van der Waals surface area contributed by atoms with Gasteiger partial charge in [0.15, 0.2) is 5.79 Å². The number of nitrogens with zero attached hydrogens (tertiary/aromatic N) is 4. The molecular weight excluding hydrogens is 494 g/mol. The van der Waals surface area contributed by atoms with Gasteiger partial charge < -0.3 is 14.4 Å². The summed E-state index contributed by atoms with van der Waals surface area (Å²) in [5.41, 5.74) is -1.23. The maximum Gasteiger partial charge on any atom is 0.337 e. The summed E-state index contributed by atoms with van der Waals surface area (Å²) in [4.78, 5) is 31.7. The number of aliphatic imine (C=N–C) groups is 1. The number of ether oxygens (including phenoxy) is 2. The van der Waals surface area contributed by atoms with E-state index in [1.807, 2.05) is 22.6 Å². The van der Waals surface area contributed by atoms with Crippen LogP contribution in [0.5, 0.6) is 0 Å². The van der Waals surface area contributed by atoms with E-state index in [-0.39, 0.29) is 24.7 Å². The zero-order valence-corrected chi connectivity index (χ0v) is 18.7. The Kier molecular flexibility index (Phi) is 6.24. The molecule has 29 heavy (non-hydrogen) atoms. The summed E-state index contributed by atoms with van der Waals surface area (Å²) in [6, 6.07) is 5.68. The summed E-state index contributed by atoms with van der Waals surface area (Å²) in [5.74, 6) is -1.34. The third-order valence-electron chi connectivity index (χ3n) is 4.19. The van der Waals surface area contributed by atoms with E-state index in [1.54, 1.807) is 38.9 Å². The predicted octanol–water partition coefficient (Wildman–Crippen LogP) is 2.12. The van der Waals surface area contributed by atoms with E-state index in [9.17, 15) is 14.0 Å². The van der Waals surface area contributed by atoms with Crippen LogP contribution in [0.25, 0.3) is 5.69 Å².